The average Bonchev–Trinajstić information content (AvgIpc) is 3.06. The molecule has 206 valence electrons. The fourth-order valence-corrected chi connectivity index (χ4v) is 5.40. The smallest absolute Gasteiger partial charge is 0.394 e. The van der Waals surface area contributed by atoms with Crippen LogP contribution in [0.25, 0.3) is 0 Å². The van der Waals surface area contributed by atoms with E-state index >= 15 is 0 Å². The van der Waals surface area contributed by atoms with Crippen LogP contribution in [0.2, 0.25) is 0 Å². The summed E-state index contributed by atoms with van der Waals surface area (Å²) in [6.07, 6.45) is -15.9. The summed E-state index contributed by atoms with van der Waals surface area (Å²) in [7, 11) is -11.1. The van der Waals surface area contributed by atoms with Crippen molar-refractivity contribution in [3.8, 4) is 0 Å². The van der Waals surface area contributed by atoms with Crippen LogP contribution in [0.5, 0.6) is 0 Å². The van der Waals surface area contributed by atoms with E-state index in [0.29, 0.717) is 10.9 Å². The van der Waals surface area contributed by atoms with Gasteiger partial charge in [-0.15, -0.1) is 0 Å². The maximum Gasteiger partial charge on any atom is 0.483 e. The van der Waals surface area contributed by atoms with E-state index in [0.717, 1.165) is 0 Å². The second kappa shape index (κ2) is 11.1. The molecule has 0 aliphatic carbocycles. The Balaban J connectivity index is 1.61. The molecule has 0 aromatic carbocycles. The number of aromatic nitrogens is 3. The average molecular weight is 567 g/mol. The zero-order chi connectivity index (χ0) is 27.0. The Labute approximate surface area is 199 Å². The predicted octanol–water partition coefficient (Wildman–Crippen LogP) is -5.40. The molecular formula is C14H23N3O17P2. The van der Waals surface area contributed by atoms with Gasteiger partial charge < -0.3 is 49.9 Å². The Morgan fingerprint density at radius 1 is 0.944 bits per heavy atom. The zero-order valence-corrected chi connectivity index (χ0v) is 19.5. The highest BCUT2D eigenvalue weighted by Crippen LogP contribution is 2.61. The van der Waals surface area contributed by atoms with Crippen LogP contribution in [0.3, 0.4) is 0 Å². The molecule has 9 N–H and O–H groups in total. The molecule has 3 rings (SSSR count). The largest absolute Gasteiger partial charge is 0.483 e. The number of nitrogens with zero attached hydrogens (tertiary/aromatic N) is 2. The van der Waals surface area contributed by atoms with Crippen LogP contribution in [0.1, 0.15) is 6.23 Å². The number of hydrogen-bond donors (Lipinski definition) is 9. The minimum Gasteiger partial charge on any atom is -0.394 e. The highest BCUT2D eigenvalue weighted by atomic mass is 31.3. The summed E-state index contributed by atoms with van der Waals surface area (Å²) in [5, 5.41) is 61.9. The SMILES string of the molecule is O=c1cnn([C@@H]2O[C@@H](COP(=O)(O)OP(=O)(O)O[C@H]3O[C@@H](CO)[C@@H](O)[C@@H](O)[C@H]3O)[C@@H](O)[C@@H]2O)c(=O)[nH]1. The highest BCUT2D eigenvalue weighted by molar-refractivity contribution is 7.61. The lowest BCUT2D eigenvalue weighted by molar-refractivity contribution is -0.280. The zero-order valence-electron chi connectivity index (χ0n) is 17.7. The Bertz CT molecular complexity index is 1130. The second-order valence-electron chi connectivity index (χ2n) is 7.55. The molecule has 1 aromatic heterocycles. The number of H-pyrrole nitrogens is 1. The molecule has 2 aliphatic heterocycles. The van der Waals surface area contributed by atoms with Crippen LogP contribution >= 0.6 is 15.6 Å². The van der Waals surface area contributed by atoms with E-state index in [2.05, 4.69) is 18.5 Å². The maximum absolute atomic E-state index is 12.1. The molecular weight excluding hydrogens is 544 g/mol. The predicted molar refractivity (Wildman–Crippen MR) is 107 cm³/mol. The van der Waals surface area contributed by atoms with Crippen molar-refractivity contribution in [1.82, 2.24) is 14.8 Å². The van der Waals surface area contributed by atoms with Crippen molar-refractivity contribution in [2.24, 2.45) is 0 Å². The summed E-state index contributed by atoms with van der Waals surface area (Å²) in [5.74, 6) is 0. The maximum atomic E-state index is 12.1. The van der Waals surface area contributed by atoms with E-state index in [4.69, 9.17) is 14.6 Å². The molecule has 11 atom stereocenters. The van der Waals surface area contributed by atoms with Gasteiger partial charge in [-0.2, -0.15) is 14.1 Å². The Morgan fingerprint density at radius 3 is 2.19 bits per heavy atom. The van der Waals surface area contributed by atoms with Gasteiger partial charge >= 0.3 is 21.3 Å². The van der Waals surface area contributed by atoms with Crippen molar-refractivity contribution < 1.29 is 72.4 Å². The van der Waals surface area contributed by atoms with Gasteiger partial charge in [-0.25, -0.2) is 13.9 Å². The standard InChI is InChI=1S/C14H23N3O17P2/c18-2-4-7(20)9(22)11(24)13(32-4)33-36(28,29)34-35(26,27)30-3-5-8(21)10(23)12(31-5)17-14(25)16-6(19)1-15-17/h1,4-5,7-13,18,20-24H,2-3H2,(H,26,27)(H,28,29)(H,16,19,25)/t4-,5-,7+,8+,9+,10-,11+,12+,13+/m0/s1. The van der Waals surface area contributed by atoms with Crippen LogP contribution in [-0.4, -0.2) is 117 Å². The minimum absolute atomic E-state index is 0.473. The summed E-state index contributed by atoms with van der Waals surface area (Å²) in [6, 6.07) is 0. The van der Waals surface area contributed by atoms with Gasteiger partial charge in [0.1, 0.15) is 48.9 Å². The minimum atomic E-state index is -5.60. The molecule has 2 aliphatic rings. The van der Waals surface area contributed by atoms with E-state index in [1.165, 1.54) is 0 Å². The molecule has 1 aromatic rings. The van der Waals surface area contributed by atoms with Gasteiger partial charge in [0.15, 0.2) is 12.5 Å². The number of phosphoric acid groups is 2. The molecule has 0 spiro atoms. The lowest BCUT2D eigenvalue weighted by Crippen LogP contribution is -2.58. The summed E-state index contributed by atoms with van der Waals surface area (Å²) in [5.41, 5.74) is -1.97. The summed E-state index contributed by atoms with van der Waals surface area (Å²) in [6.45, 7) is -1.96. The van der Waals surface area contributed by atoms with E-state index in [-0.39, 0.29) is 0 Å². The number of rotatable bonds is 9. The third kappa shape index (κ3) is 6.51. The van der Waals surface area contributed by atoms with Gasteiger partial charge in [0, 0.05) is 0 Å². The first kappa shape index (κ1) is 29.1. The van der Waals surface area contributed by atoms with Crippen molar-refractivity contribution in [1.29, 1.82) is 0 Å². The molecule has 0 radical (unpaired) electrons. The first-order chi connectivity index (χ1) is 16.7. The van der Waals surface area contributed by atoms with E-state index < -0.39 is 95.4 Å². The van der Waals surface area contributed by atoms with Gasteiger partial charge in [-0.05, 0) is 0 Å². The normalized spacial score (nSPS) is 38.4. The topological polar surface area (TPSA) is 310 Å². The summed E-state index contributed by atoms with van der Waals surface area (Å²) >= 11 is 0. The van der Waals surface area contributed by atoms with Gasteiger partial charge in [-0.1, -0.05) is 0 Å². The number of aromatic amines is 1. The molecule has 0 amide bonds. The number of phosphoric ester groups is 2. The second-order valence-corrected chi connectivity index (χ2v) is 10.5. The van der Waals surface area contributed by atoms with Crippen LogP contribution in [0.4, 0.5) is 0 Å². The van der Waals surface area contributed by atoms with E-state index in [1.807, 2.05) is 4.98 Å². The van der Waals surface area contributed by atoms with Crippen molar-refractivity contribution in [2.45, 2.75) is 55.2 Å². The third-order valence-corrected chi connectivity index (χ3v) is 7.61. The molecule has 2 fully saturated rings. The molecule has 36 heavy (non-hydrogen) atoms. The number of ether oxygens (including phenoxy) is 2. The van der Waals surface area contributed by atoms with Crippen molar-refractivity contribution >= 4 is 15.6 Å². The monoisotopic (exact) mass is 567 g/mol. The molecule has 3 heterocycles. The molecule has 2 saturated heterocycles. The number of aliphatic hydroxyl groups excluding tert-OH is 6. The molecule has 2 unspecified atom stereocenters. The highest BCUT2D eigenvalue weighted by Gasteiger charge is 2.49. The van der Waals surface area contributed by atoms with Crippen molar-refractivity contribution in [3.63, 3.8) is 0 Å². The Morgan fingerprint density at radius 2 is 1.58 bits per heavy atom. The van der Waals surface area contributed by atoms with Gasteiger partial charge in [0.25, 0.3) is 5.56 Å². The van der Waals surface area contributed by atoms with Crippen LogP contribution in [0, 0.1) is 0 Å². The molecule has 20 nitrogen and oxygen atoms in total. The van der Waals surface area contributed by atoms with E-state index in [1.54, 1.807) is 0 Å². The molecule has 22 heteroatoms. The summed E-state index contributed by atoms with van der Waals surface area (Å²) < 4.78 is 47.7. The fourth-order valence-electron chi connectivity index (χ4n) is 3.24. The molecule has 0 saturated carbocycles. The fraction of sp³-hybridized carbons (Fsp3) is 0.786. The van der Waals surface area contributed by atoms with Crippen LogP contribution in [0.15, 0.2) is 15.8 Å². The molecule has 0 bridgehead atoms. The van der Waals surface area contributed by atoms with Gasteiger partial charge in [0.2, 0.25) is 0 Å². The quantitative estimate of drug-likeness (QED) is 0.126. The lowest BCUT2D eigenvalue weighted by atomic mass is 10.00. The Kier molecular flexibility index (Phi) is 8.99. The lowest BCUT2D eigenvalue weighted by Gasteiger charge is -2.39. The van der Waals surface area contributed by atoms with Gasteiger partial charge in [-0.3, -0.25) is 18.8 Å². The van der Waals surface area contributed by atoms with Crippen molar-refractivity contribution in [3.05, 3.63) is 27.0 Å². The summed E-state index contributed by atoms with van der Waals surface area (Å²) in [4.78, 5) is 44.3. The number of hydrogen-bond acceptors (Lipinski definition) is 16. The number of aliphatic hydroxyl groups is 6. The van der Waals surface area contributed by atoms with Crippen LogP contribution < -0.4 is 11.2 Å². The first-order valence-corrected chi connectivity index (χ1v) is 12.8. The van der Waals surface area contributed by atoms with E-state index in [9.17, 15) is 54.0 Å². The van der Waals surface area contributed by atoms with Crippen LogP contribution in [-0.2, 0) is 32.0 Å². The first-order valence-electron chi connectivity index (χ1n) is 9.86. The van der Waals surface area contributed by atoms with Gasteiger partial charge in [0.05, 0.1) is 13.2 Å². The van der Waals surface area contributed by atoms with Crippen molar-refractivity contribution in [2.75, 3.05) is 13.2 Å². The number of nitrogens with one attached hydrogen (secondary N) is 1. The Hall–Kier alpha value is -1.45. The third-order valence-electron chi connectivity index (χ3n) is 5.01.